The lowest BCUT2D eigenvalue weighted by molar-refractivity contribution is -0.141. The highest BCUT2D eigenvalue weighted by Gasteiger charge is 2.15. The molecule has 2 N–H and O–H groups in total. The zero-order valence-corrected chi connectivity index (χ0v) is 9.28. The zero-order valence-electron chi connectivity index (χ0n) is 9.28. The van der Waals surface area contributed by atoms with E-state index in [-0.39, 0.29) is 19.1 Å². The fourth-order valence-electron chi connectivity index (χ4n) is 1.00. The van der Waals surface area contributed by atoms with E-state index >= 15 is 0 Å². The van der Waals surface area contributed by atoms with Gasteiger partial charge in [-0.15, -0.1) is 0 Å². The summed E-state index contributed by atoms with van der Waals surface area (Å²) in [6, 6.07) is 0. The molecule has 1 unspecified atom stereocenters. The van der Waals surface area contributed by atoms with E-state index in [1.54, 1.807) is 6.92 Å². The molecule has 0 aliphatic heterocycles. The van der Waals surface area contributed by atoms with Crippen LogP contribution in [-0.2, 0) is 14.3 Å². The molecule has 0 heterocycles. The minimum absolute atomic E-state index is 0.00386. The lowest BCUT2D eigenvalue weighted by atomic mass is 10.1. The summed E-state index contributed by atoms with van der Waals surface area (Å²) < 4.78 is 5.01. The number of rotatable bonds is 8. The van der Waals surface area contributed by atoms with Crippen molar-refractivity contribution in [3.8, 4) is 0 Å². The van der Waals surface area contributed by atoms with E-state index < -0.39 is 11.9 Å². The quantitative estimate of drug-likeness (QED) is 0.585. The van der Waals surface area contributed by atoms with Crippen LogP contribution >= 0.6 is 0 Å². The number of amides is 1. The molecule has 15 heavy (non-hydrogen) atoms. The van der Waals surface area contributed by atoms with Gasteiger partial charge in [0.2, 0.25) is 5.91 Å². The molecule has 0 bridgehead atoms. The van der Waals surface area contributed by atoms with Crippen LogP contribution in [0.25, 0.3) is 0 Å². The van der Waals surface area contributed by atoms with Gasteiger partial charge in [-0.25, -0.2) is 0 Å². The number of carboxylic acids is 1. The standard InChI is InChI=1S/C10H19NO4/c1-3-5-15-7-9(12)11-6-8(4-2)10(13)14/h8H,3-7H2,1-2H3,(H,11,12)(H,13,14). The lowest BCUT2D eigenvalue weighted by Gasteiger charge is -2.10. The van der Waals surface area contributed by atoms with E-state index in [1.807, 2.05) is 6.92 Å². The normalized spacial score (nSPS) is 12.1. The van der Waals surface area contributed by atoms with Crippen LogP contribution in [0.15, 0.2) is 0 Å². The Morgan fingerprint density at radius 3 is 2.53 bits per heavy atom. The van der Waals surface area contributed by atoms with E-state index in [0.717, 1.165) is 6.42 Å². The predicted molar refractivity (Wildman–Crippen MR) is 55.5 cm³/mol. The monoisotopic (exact) mass is 217 g/mol. The van der Waals surface area contributed by atoms with Gasteiger partial charge in [0, 0.05) is 13.2 Å². The van der Waals surface area contributed by atoms with Crippen molar-refractivity contribution in [3.05, 3.63) is 0 Å². The van der Waals surface area contributed by atoms with Crippen molar-refractivity contribution in [1.29, 1.82) is 0 Å². The number of ether oxygens (including phenoxy) is 1. The number of hydrogen-bond donors (Lipinski definition) is 2. The van der Waals surface area contributed by atoms with E-state index in [0.29, 0.717) is 13.0 Å². The molecule has 0 aliphatic rings. The molecule has 0 spiro atoms. The topological polar surface area (TPSA) is 75.6 Å². The maximum Gasteiger partial charge on any atom is 0.308 e. The molecule has 0 aliphatic carbocycles. The second-order valence-electron chi connectivity index (χ2n) is 3.30. The number of hydrogen-bond acceptors (Lipinski definition) is 3. The molecular weight excluding hydrogens is 198 g/mol. The average molecular weight is 217 g/mol. The van der Waals surface area contributed by atoms with E-state index in [2.05, 4.69) is 5.32 Å². The lowest BCUT2D eigenvalue weighted by Crippen LogP contribution is -2.34. The van der Waals surface area contributed by atoms with Crippen LogP contribution in [0.3, 0.4) is 0 Å². The van der Waals surface area contributed by atoms with Crippen molar-refractivity contribution < 1.29 is 19.4 Å². The van der Waals surface area contributed by atoms with Crippen LogP contribution in [0.2, 0.25) is 0 Å². The van der Waals surface area contributed by atoms with Gasteiger partial charge in [0.25, 0.3) is 0 Å². The highest BCUT2D eigenvalue weighted by atomic mass is 16.5. The molecule has 0 saturated heterocycles. The minimum atomic E-state index is -0.882. The molecule has 0 radical (unpaired) electrons. The van der Waals surface area contributed by atoms with Gasteiger partial charge in [-0.3, -0.25) is 9.59 Å². The van der Waals surface area contributed by atoms with Crippen LogP contribution in [0.5, 0.6) is 0 Å². The summed E-state index contributed by atoms with van der Waals surface area (Å²) in [5, 5.41) is 11.2. The molecule has 1 amide bonds. The van der Waals surface area contributed by atoms with Crippen molar-refractivity contribution in [1.82, 2.24) is 5.32 Å². The third kappa shape index (κ3) is 6.90. The largest absolute Gasteiger partial charge is 0.481 e. The first kappa shape index (κ1) is 13.9. The second-order valence-corrected chi connectivity index (χ2v) is 3.30. The van der Waals surface area contributed by atoms with Gasteiger partial charge in [-0.1, -0.05) is 13.8 Å². The van der Waals surface area contributed by atoms with Crippen LogP contribution < -0.4 is 5.32 Å². The second kappa shape index (κ2) is 8.23. The molecule has 0 saturated carbocycles. The third-order valence-electron chi connectivity index (χ3n) is 1.97. The van der Waals surface area contributed by atoms with Crippen molar-refractivity contribution >= 4 is 11.9 Å². The van der Waals surface area contributed by atoms with E-state index in [9.17, 15) is 9.59 Å². The zero-order chi connectivity index (χ0) is 11.7. The van der Waals surface area contributed by atoms with Gasteiger partial charge in [0.1, 0.15) is 6.61 Å². The summed E-state index contributed by atoms with van der Waals surface area (Å²) in [5.41, 5.74) is 0. The predicted octanol–water partition coefficient (Wildman–Crippen LogP) is 0.640. The highest BCUT2D eigenvalue weighted by Crippen LogP contribution is 1.99. The highest BCUT2D eigenvalue weighted by molar-refractivity contribution is 5.78. The number of carbonyl (C=O) groups is 2. The first-order chi connectivity index (χ1) is 7.11. The summed E-state index contributed by atoms with van der Waals surface area (Å²) in [6.45, 7) is 4.45. The summed E-state index contributed by atoms with van der Waals surface area (Å²) in [7, 11) is 0. The van der Waals surface area contributed by atoms with Crippen molar-refractivity contribution in [2.45, 2.75) is 26.7 Å². The molecule has 0 fully saturated rings. The van der Waals surface area contributed by atoms with Crippen LogP contribution in [0, 0.1) is 5.92 Å². The molecular formula is C10H19NO4. The Labute approximate surface area is 89.8 Å². The van der Waals surface area contributed by atoms with Gasteiger partial charge >= 0.3 is 5.97 Å². The third-order valence-corrected chi connectivity index (χ3v) is 1.97. The summed E-state index contributed by atoms with van der Waals surface area (Å²) >= 11 is 0. The van der Waals surface area contributed by atoms with Gasteiger partial charge in [0.15, 0.2) is 0 Å². The molecule has 0 aromatic heterocycles. The fraction of sp³-hybridized carbons (Fsp3) is 0.800. The SMILES string of the molecule is CCCOCC(=O)NCC(CC)C(=O)O. The Hall–Kier alpha value is -1.10. The van der Waals surface area contributed by atoms with Gasteiger partial charge in [-0.2, -0.15) is 0 Å². The summed E-state index contributed by atoms with van der Waals surface area (Å²) in [5.74, 6) is -1.66. The fourth-order valence-corrected chi connectivity index (χ4v) is 1.00. The van der Waals surface area contributed by atoms with Gasteiger partial charge in [-0.05, 0) is 12.8 Å². The molecule has 5 heteroatoms. The van der Waals surface area contributed by atoms with Crippen molar-refractivity contribution in [2.75, 3.05) is 19.8 Å². The van der Waals surface area contributed by atoms with E-state index in [4.69, 9.17) is 9.84 Å². The van der Waals surface area contributed by atoms with E-state index in [1.165, 1.54) is 0 Å². The smallest absolute Gasteiger partial charge is 0.308 e. The number of carboxylic acid groups (broad SMARTS) is 1. The number of aliphatic carboxylic acids is 1. The molecule has 88 valence electrons. The molecule has 0 aromatic carbocycles. The molecule has 5 nitrogen and oxygen atoms in total. The molecule has 0 rings (SSSR count). The van der Waals surface area contributed by atoms with Gasteiger partial charge in [0.05, 0.1) is 5.92 Å². The Bertz CT molecular complexity index is 206. The van der Waals surface area contributed by atoms with Crippen molar-refractivity contribution in [3.63, 3.8) is 0 Å². The minimum Gasteiger partial charge on any atom is -0.481 e. The van der Waals surface area contributed by atoms with Crippen LogP contribution in [0.1, 0.15) is 26.7 Å². The first-order valence-electron chi connectivity index (χ1n) is 5.19. The van der Waals surface area contributed by atoms with Crippen molar-refractivity contribution in [2.24, 2.45) is 5.92 Å². The first-order valence-corrected chi connectivity index (χ1v) is 5.19. The Morgan fingerprint density at radius 1 is 1.40 bits per heavy atom. The maximum absolute atomic E-state index is 11.1. The Morgan fingerprint density at radius 2 is 2.07 bits per heavy atom. The average Bonchev–Trinajstić information content (AvgIpc) is 2.18. The molecule has 1 atom stereocenters. The van der Waals surface area contributed by atoms with Crippen LogP contribution in [0.4, 0.5) is 0 Å². The van der Waals surface area contributed by atoms with Crippen LogP contribution in [-0.4, -0.2) is 36.7 Å². The van der Waals surface area contributed by atoms with Gasteiger partial charge < -0.3 is 15.2 Å². The summed E-state index contributed by atoms with van der Waals surface area (Å²) in [4.78, 5) is 21.8. The number of nitrogens with one attached hydrogen (secondary N) is 1. The maximum atomic E-state index is 11.1. The Kier molecular flexibility index (Phi) is 7.62. The summed E-state index contributed by atoms with van der Waals surface area (Å²) in [6.07, 6.45) is 1.37. The molecule has 0 aromatic rings. The number of carbonyl (C=O) groups excluding carboxylic acids is 1. The Balaban J connectivity index is 3.64.